The maximum Gasteiger partial charge on any atom is 0.337 e. The maximum atomic E-state index is 12.5. The Balaban J connectivity index is 1.72. The summed E-state index contributed by atoms with van der Waals surface area (Å²) in [5.74, 6) is 0.0352. The van der Waals surface area contributed by atoms with Crippen molar-refractivity contribution in [3.05, 3.63) is 0 Å². The summed E-state index contributed by atoms with van der Waals surface area (Å²) < 4.78 is 23.4. The van der Waals surface area contributed by atoms with Crippen molar-refractivity contribution < 1.29 is 23.6 Å². The van der Waals surface area contributed by atoms with Gasteiger partial charge in [-0.3, -0.25) is 0 Å². The third kappa shape index (κ3) is 4.11. The van der Waals surface area contributed by atoms with Gasteiger partial charge in [-0.2, -0.15) is 0 Å². The van der Waals surface area contributed by atoms with Gasteiger partial charge >= 0.3 is 16.3 Å². The lowest BCUT2D eigenvalue weighted by molar-refractivity contribution is -0.158. The Kier molecular flexibility index (Phi) is 6.33. The van der Waals surface area contributed by atoms with E-state index in [9.17, 15) is 14.1 Å². The first-order valence-corrected chi connectivity index (χ1v) is 10.7. The monoisotopic (exact) mass is 402 g/mol. The van der Waals surface area contributed by atoms with Crippen LogP contribution in [0.25, 0.3) is 0 Å². The summed E-state index contributed by atoms with van der Waals surface area (Å²) in [6, 6.07) is -0.336. The molecule has 0 N–H and O–H groups in total. The minimum Gasteiger partial charge on any atom is -0.610 e. The Hall–Kier alpha value is -1.43. The number of aromatic nitrogens is 2. The van der Waals surface area contributed by atoms with Gasteiger partial charge in [0.25, 0.3) is 0 Å². The highest BCUT2D eigenvalue weighted by Gasteiger charge is 2.42. The molecule has 0 aliphatic carbocycles. The molecule has 2 aliphatic rings. The quantitative estimate of drug-likeness (QED) is 0.385. The number of ether oxygens (including phenoxy) is 2. The average Bonchev–Trinajstić information content (AvgIpc) is 3.35. The highest BCUT2D eigenvalue weighted by Crippen LogP contribution is 2.31. The molecular weight excluding hydrogens is 380 g/mol. The van der Waals surface area contributed by atoms with Crippen LogP contribution in [-0.4, -0.2) is 69.9 Å². The molecular formula is C15H22N4O5S2. The van der Waals surface area contributed by atoms with Crippen LogP contribution < -0.4 is 4.90 Å². The molecule has 2 amide bonds. The standard InChI is InChI=1S/C15H22N4O5S2/c1-3-4-8-26(22)14-17-16-13(25-14)19-11(9-18(2)15(19)21)24-12(20)10-6-5-7-23-10/h10-11H,3-9H2,1-2H3. The predicted octanol–water partition coefficient (Wildman–Crippen LogP) is 1.37. The van der Waals surface area contributed by atoms with E-state index in [1.54, 1.807) is 7.05 Å². The molecule has 1 aromatic rings. The maximum absolute atomic E-state index is 12.5. The molecule has 0 aromatic carbocycles. The second kappa shape index (κ2) is 8.51. The van der Waals surface area contributed by atoms with Gasteiger partial charge < -0.3 is 18.9 Å². The predicted molar refractivity (Wildman–Crippen MR) is 95.5 cm³/mol. The van der Waals surface area contributed by atoms with Crippen LogP contribution in [0.2, 0.25) is 0 Å². The zero-order chi connectivity index (χ0) is 18.7. The van der Waals surface area contributed by atoms with Crippen LogP contribution in [0.5, 0.6) is 0 Å². The van der Waals surface area contributed by atoms with Crippen LogP contribution in [0.3, 0.4) is 0 Å². The number of carbonyl (C=O) groups excluding carboxylic acids is 2. The first-order valence-electron chi connectivity index (χ1n) is 8.59. The summed E-state index contributed by atoms with van der Waals surface area (Å²) in [5, 5.41) is 8.24. The SMILES string of the molecule is CCCC[S+]([O-])c1nnc(N2C(=O)N(C)CC2OC(=O)C2CCCO2)s1. The fourth-order valence-corrected chi connectivity index (χ4v) is 5.04. The largest absolute Gasteiger partial charge is 0.610 e. The molecule has 2 aliphatic heterocycles. The Morgan fingerprint density at radius 1 is 1.50 bits per heavy atom. The topological polar surface area (TPSA) is 108 Å². The molecule has 2 fully saturated rings. The number of unbranched alkanes of at least 4 members (excludes halogenated alkanes) is 1. The number of hydrogen-bond donors (Lipinski definition) is 0. The Morgan fingerprint density at radius 3 is 3.00 bits per heavy atom. The van der Waals surface area contributed by atoms with Crippen LogP contribution in [0.15, 0.2) is 4.34 Å². The molecule has 3 atom stereocenters. The van der Waals surface area contributed by atoms with Crippen molar-refractivity contribution in [3.63, 3.8) is 0 Å². The first kappa shape index (κ1) is 19.3. The van der Waals surface area contributed by atoms with Gasteiger partial charge in [0.2, 0.25) is 11.4 Å². The molecule has 9 nitrogen and oxygen atoms in total. The van der Waals surface area contributed by atoms with Gasteiger partial charge in [0.05, 0.1) is 6.54 Å². The number of anilines is 1. The lowest BCUT2D eigenvalue weighted by Crippen LogP contribution is -2.39. The normalized spacial score (nSPS) is 24.3. The van der Waals surface area contributed by atoms with E-state index >= 15 is 0 Å². The molecule has 2 saturated heterocycles. The summed E-state index contributed by atoms with van der Waals surface area (Å²) >= 11 is -0.150. The summed E-state index contributed by atoms with van der Waals surface area (Å²) in [5.41, 5.74) is 0. The molecule has 144 valence electrons. The van der Waals surface area contributed by atoms with Gasteiger partial charge in [0.1, 0.15) is 5.75 Å². The van der Waals surface area contributed by atoms with E-state index < -0.39 is 29.5 Å². The molecule has 0 saturated carbocycles. The van der Waals surface area contributed by atoms with E-state index in [-0.39, 0.29) is 17.7 Å². The number of likely N-dealkylation sites (N-methyl/N-ethyl adjacent to an activating group) is 1. The highest BCUT2D eigenvalue weighted by molar-refractivity contribution is 7.93. The van der Waals surface area contributed by atoms with Crippen molar-refractivity contribution in [1.82, 2.24) is 15.1 Å². The Morgan fingerprint density at radius 2 is 2.31 bits per heavy atom. The highest BCUT2D eigenvalue weighted by atomic mass is 32.2. The number of carbonyl (C=O) groups is 2. The third-order valence-electron chi connectivity index (χ3n) is 4.18. The van der Waals surface area contributed by atoms with Crippen LogP contribution >= 0.6 is 11.3 Å². The third-order valence-corrected chi connectivity index (χ3v) is 6.83. The van der Waals surface area contributed by atoms with E-state index in [1.807, 2.05) is 6.92 Å². The number of amides is 2. The first-order chi connectivity index (χ1) is 12.5. The van der Waals surface area contributed by atoms with Gasteiger partial charge in [0, 0.05) is 24.8 Å². The van der Waals surface area contributed by atoms with E-state index in [0.717, 1.165) is 30.6 Å². The smallest absolute Gasteiger partial charge is 0.337 e. The summed E-state index contributed by atoms with van der Waals surface area (Å²) in [7, 11) is 1.62. The second-order valence-electron chi connectivity index (χ2n) is 6.18. The molecule has 26 heavy (non-hydrogen) atoms. The Labute approximate surface area is 158 Å². The van der Waals surface area contributed by atoms with E-state index in [4.69, 9.17) is 9.47 Å². The van der Waals surface area contributed by atoms with Gasteiger partial charge in [-0.05, 0) is 30.6 Å². The molecule has 3 rings (SSSR count). The molecule has 0 spiro atoms. The average molecular weight is 402 g/mol. The van der Waals surface area contributed by atoms with E-state index in [1.165, 1.54) is 9.80 Å². The summed E-state index contributed by atoms with van der Waals surface area (Å²) in [6.07, 6.45) is 1.83. The second-order valence-corrected chi connectivity index (χ2v) is 8.88. The fourth-order valence-electron chi connectivity index (χ4n) is 2.72. The number of nitrogens with zero attached hydrogens (tertiary/aromatic N) is 4. The Bertz CT molecular complexity index is 652. The van der Waals surface area contributed by atoms with Crippen LogP contribution in [-0.2, 0) is 25.4 Å². The molecule has 3 heterocycles. The van der Waals surface area contributed by atoms with Crippen LogP contribution in [0, 0.1) is 0 Å². The zero-order valence-corrected chi connectivity index (χ0v) is 16.4. The molecule has 0 bridgehead atoms. The van der Waals surface area contributed by atoms with Crippen LogP contribution in [0.4, 0.5) is 9.93 Å². The van der Waals surface area contributed by atoms with Crippen molar-refractivity contribution in [2.45, 2.75) is 49.3 Å². The summed E-state index contributed by atoms with van der Waals surface area (Å²) in [6.45, 7) is 2.79. The van der Waals surface area contributed by atoms with Gasteiger partial charge in [0.15, 0.2) is 6.10 Å². The fraction of sp³-hybridized carbons (Fsp3) is 0.733. The summed E-state index contributed by atoms with van der Waals surface area (Å²) in [4.78, 5) is 27.4. The number of hydrogen-bond acceptors (Lipinski definition) is 8. The number of rotatable bonds is 7. The van der Waals surface area contributed by atoms with Gasteiger partial charge in [-0.25, -0.2) is 14.5 Å². The molecule has 1 aromatic heterocycles. The van der Waals surface area contributed by atoms with Gasteiger partial charge in [-0.15, -0.1) is 5.10 Å². The molecule has 0 radical (unpaired) electrons. The van der Waals surface area contributed by atoms with Crippen molar-refractivity contribution in [3.8, 4) is 0 Å². The lowest BCUT2D eigenvalue weighted by atomic mass is 10.2. The van der Waals surface area contributed by atoms with Crippen molar-refractivity contribution >= 4 is 39.6 Å². The van der Waals surface area contributed by atoms with Gasteiger partial charge in [-0.1, -0.05) is 18.4 Å². The van der Waals surface area contributed by atoms with E-state index in [2.05, 4.69) is 10.2 Å². The van der Waals surface area contributed by atoms with E-state index in [0.29, 0.717) is 23.1 Å². The number of esters is 1. The van der Waals surface area contributed by atoms with Crippen LogP contribution in [0.1, 0.15) is 32.6 Å². The lowest BCUT2D eigenvalue weighted by Gasteiger charge is -2.21. The zero-order valence-electron chi connectivity index (χ0n) is 14.8. The van der Waals surface area contributed by atoms with Crippen molar-refractivity contribution in [2.75, 3.05) is 30.9 Å². The molecule has 3 unspecified atom stereocenters. The van der Waals surface area contributed by atoms with Crippen molar-refractivity contribution in [2.24, 2.45) is 0 Å². The van der Waals surface area contributed by atoms with Crippen molar-refractivity contribution in [1.29, 1.82) is 0 Å². The molecule has 11 heteroatoms. The number of urea groups is 1. The minimum atomic E-state index is -1.24. The minimum absolute atomic E-state index is 0.227.